The molecule has 4 nitrogen and oxygen atoms in total. The number of hydrogen-bond donors (Lipinski definition) is 1. The standard InChI is InChI=1S/C37H48N4/c1-6-10-14-26-30-18-19-31(38-30)27(15-11-7-2)33-21-23-35(40-33)29(17-13-9-4)37-25-24-36(41(37)5)28(16-12-8-3)34-22-20-32(26)39-34/h18-25,38H,6-17H2,1-5H3. The van der Waals surface area contributed by atoms with E-state index in [1.165, 1.54) is 57.2 Å². The molecule has 5 heterocycles. The summed E-state index contributed by atoms with van der Waals surface area (Å²) in [5, 5.41) is 0. The number of rotatable bonds is 12. The Hall–Kier alpha value is -3.40. The third-order valence-electron chi connectivity index (χ3n) is 8.71. The number of aromatic nitrogens is 4. The predicted molar refractivity (Wildman–Crippen MR) is 178 cm³/mol. The second-order valence-electron chi connectivity index (χ2n) is 11.7. The van der Waals surface area contributed by atoms with Crippen LogP contribution in [0.15, 0.2) is 24.3 Å². The van der Waals surface area contributed by atoms with Crippen LogP contribution in [0, 0.1) is 0 Å². The topological polar surface area (TPSA) is 46.5 Å². The maximum Gasteiger partial charge on any atom is 0.0690 e. The van der Waals surface area contributed by atoms with Crippen LogP contribution in [-0.2, 0) is 32.7 Å². The maximum atomic E-state index is 5.33. The lowest BCUT2D eigenvalue weighted by Gasteiger charge is -2.09. The fraction of sp³-hybridized carbons (Fsp3) is 0.459. The maximum absolute atomic E-state index is 5.33. The molecule has 0 radical (unpaired) electrons. The van der Waals surface area contributed by atoms with Crippen molar-refractivity contribution in [1.29, 1.82) is 0 Å². The monoisotopic (exact) mass is 548 g/mol. The van der Waals surface area contributed by atoms with E-state index in [0.29, 0.717) is 0 Å². The average molecular weight is 549 g/mol. The first-order valence-electron chi connectivity index (χ1n) is 16.2. The molecule has 3 aromatic heterocycles. The Bertz CT molecular complexity index is 1480. The van der Waals surface area contributed by atoms with Crippen LogP contribution < -0.4 is 0 Å². The van der Waals surface area contributed by atoms with E-state index in [1.54, 1.807) is 0 Å². The molecule has 0 fully saturated rings. The van der Waals surface area contributed by atoms with E-state index in [2.05, 4.69) is 92.9 Å². The molecule has 8 bridgehead atoms. The summed E-state index contributed by atoms with van der Waals surface area (Å²) in [5.74, 6) is 0. The molecule has 0 unspecified atom stereocenters. The second-order valence-corrected chi connectivity index (χ2v) is 11.7. The Labute approximate surface area is 246 Å². The van der Waals surface area contributed by atoms with E-state index in [-0.39, 0.29) is 0 Å². The molecule has 3 aromatic rings. The molecule has 0 aliphatic carbocycles. The van der Waals surface area contributed by atoms with Gasteiger partial charge in [0.05, 0.1) is 22.8 Å². The number of aromatic amines is 1. The van der Waals surface area contributed by atoms with E-state index in [9.17, 15) is 0 Å². The fourth-order valence-corrected chi connectivity index (χ4v) is 6.25. The van der Waals surface area contributed by atoms with Crippen molar-refractivity contribution in [3.63, 3.8) is 0 Å². The van der Waals surface area contributed by atoms with Crippen LogP contribution in [0.3, 0.4) is 0 Å². The first kappa shape index (κ1) is 29.1. The van der Waals surface area contributed by atoms with Crippen LogP contribution in [0.25, 0.3) is 46.4 Å². The summed E-state index contributed by atoms with van der Waals surface area (Å²) in [5.41, 5.74) is 14.7. The van der Waals surface area contributed by atoms with Gasteiger partial charge in [-0.05, 0) is 99.9 Å². The van der Waals surface area contributed by atoms with Crippen LogP contribution in [-0.4, -0.2) is 19.5 Å². The molecule has 0 atom stereocenters. The van der Waals surface area contributed by atoms with Crippen molar-refractivity contribution in [2.24, 2.45) is 7.05 Å². The molecule has 0 amide bonds. The molecule has 4 heteroatoms. The average Bonchev–Trinajstić information content (AvgIpc) is 3.79. The minimum atomic E-state index is 1.02. The Kier molecular flexibility index (Phi) is 9.59. The Morgan fingerprint density at radius 2 is 0.854 bits per heavy atom. The minimum Gasteiger partial charge on any atom is -0.355 e. The lowest BCUT2D eigenvalue weighted by Crippen LogP contribution is -1.99. The zero-order chi connectivity index (χ0) is 28.8. The van der Waals surface area contributed by atoms with E-state index in [0.717, 1.165) is 87.0 Å². The van der Waals surface area contributed by atoms with Gasteiger partial charge in [-0.2, -0.15) is 0 Å². The highest BCUT2D eigenvalue weighted by molar-refractivity contribution is 5.83. The van der Waals surface area contributed by atoms with E-state index in [4.69, 9.17) is 9.97 Å². The second kappa shape index (κ2) is 13.5. The molecule has 0 spiro atoms. The lowest BCUT2D eigenvalue weighted by molar-refractivity contribution is 0.784. The molecular weight excluding hydrogens is 500 g/mol. The normalized spacial score (nSPS) is 12.5. The van der Waals surface area contributed by atoms with Gasteiger partial charge in [-0.25, -0.2) is 9.97 Å². The summed E-state index contributed by atoms with van der Waals surface area (Å²) >= 11 is 0. The van der Waals surface area contributed by atoms with Gasteiger partial charge in [0.2, 0.25) is 0 Å². The molecular formula is C37H48N4. The molecule has 216 valence electrons. The number of H-pyrrole nitrogens is 1. The summed E-state index contributed by atoms with van der Waals surface area (Å²) in [7, 11) is 2.23. The van der Waals surface area contributed by atoms with Crippen molar-refractivity contribution in [2.75, 3.05) is 0 Å². The van der Waals surface area contributed by atoms with Crippen LogP contribution >= 0.6 is 0 Å². The van der Waals surface area contributed by atoms with Gasteiger partial charge in [0.1, 0.15) is 0 Å². The zero-order valence-electron chi connectivity index (χ0n) is 25.9. The smallest absolute Gasteiger partial charge is 0.0690 e. The zero-order valence-corrected chi connectivity index (χ0v) is 25.9. The number of fused-ring (bicyclic) bond motifs is 8. The number of hydrogen-bond acceptors (Lipinski definition) is 2. The SMILES string of the molecule is CCCCc1c2nc(c(CCCC)c3ccc(c(CCCC)c4nc(c(CCCC)c5ccc1[nH]5)C=C4)n3C)C=C2. The third-order valence-corrected chi connectivity index (χ3v) is 8.71. The van der Waals surface area contributed by atoms with E-state index < -0.39 is 0 Å². The molecule has 0 saturated heterocycles. The summed E-state index contributed by atoms with van der Waals surface area (Å²) < 4.78 is 2.41. The summed E-state index contributed by atoms with van der Waals surface area (Å²) in [4.78, 5) is 14.5. The number of nitrogens with zero attached hydrogens (tertiary/aromatic N) is 3. The Balaban J connectivity index is 1.92. The van der Waals surface area contributed by atoms with Crippen molar-refractivity contribution in [3.8, 4) is 0 Å². The lowest BCUT2D eigenvalue weighted by atomic mass is 10.1. The van der Waals surface area contributed by atoms with Gasteiger partial charge >= 0.3 is 0 Å². The van der Waals surface area contributed by atoms with Crippen molar-refractivity contribution in [2.45, 2.75) is 105 Å². The van der Waals surface area contributed by atoms with E-state index >= 15 is 0 Å². The molecule has 41 heavy (non-hydrogen) atoms. The molecule has 1 N–H and O–H groups in total. The summed E-state index contributed by atoms with van der Waals surface area (Å²) in [6.45, 7) is 9.09. The first-order chi connectivity index (χ1) is 20.1. The van der Waals surface area contributed by atoms with Crippen LogP contribution in [0.5, 0.6) is 0 Å². The number of unbranched alkanes of at least 4 members (excludes halogenated alkanes) is 4. The Morgan fingerprint density at radius 3 is 1.22 bits per heavy atom. The summed E-state index contributed by atoms with van der Waals surface area (Å²) in [6, 6.07) is 9.18. The van der Waals surface area contributed by atoms with Crippen molar-refractivity contribution < 1.29 is 0 Å². The molecule has 0 saturated carbocycles. The van der Waals surface area contributed by atoms with Gasteiger partial charge in [-0.15, -0.1) is 0 Å². The van der Waals surface area contributed by atoms with Crippen LogP contribution in [0.2, 0.25) is 0 Å². The van der Waals surface area contributed by atoms with Crippen LogP contribution in [0.1, 0.15) is 124 Å². The number of aryl methyl sites for hydroxylation is 5. The van der Waals surface area contributed by atoms with Gasteiger partial charge in [-0.3, -0.25) is 0 Å². The highest BCUT2D eigenvalue weighted by Crippen LogP contribution is 2.30. The highest BCUT2D eigenvalue weighted by atomic mass is 14.9. The van der Waals surface area contributed by atoms with E-state index in [1.807, 2.05) is 0 Å². The van der Waals surface area contributed by atoms with Gasteiger partial charge in [0.25, 0.3) is 0 Å². The molecule has 5 rings (SSSR count). The number of nitrogens with one attached hydrogen (secondary N) is 1. The predicted octanol–water partition coefficient (Wildman–Crippen LogP) is 10.0. The largest absolute Gasteiger partial charge is 0.355 e. The quantitative estimate of drug-likeness (QED) is 0.169. The first-order valence-corrected chi connectivity index (χ1v) is 16.2. The van der Waals surface area contributed by atoms with Crippen molar-refractivity contribution >= 4 is 46.4 Å². The fourth-order valence-electron chi connectivity index (χ4n) is 6.25. The molecule has 2 aliphatic heterocycles. The van der Waals surface area contributed by atoms with Gasteiger partial charge < -0.3 is 9.55 Å². The van der Waals surface area contributed by atoms with Crippen molar-refractivity contribution in [1.82, 2.24) is 19.5 Å². The molecule has 2 aliphatic rings. The molecule has 0 aromatic carbocycles. The van der Waals surface area contributed by atoms with Gasteiger partial charge in [0, 0.05) is 51.4 Å². The highest BCUT2D eigenvalue weighted by Gasteiger charge is 2.17. The Morgan fingerprint density at radius 1 is 0.512 bits per heavy atom. The third kappa shape index (κ3) is 6.12. The van der Waals surface area contributed by atoms with Crippen molar-refractivity contribution in [3.05, 3.63) is 69.3 Å². The summed E-state index contributed by atoms with van der Waals surface area (Å²) in [6.07, 6.45) is 22.4. The van der Waals surface area contributed by atoms with Gasteiger partial charge in [0.15, 0.2) is 0 Å². The van der Waals surface area contributed by atoms with Gasteiger partial charge in [-0.1, -0.05) is 53.4 Å². The van der Waals surface area contributed by atoms with Crippen LogP contribution in [0.4, 0.5) is 0 Å². The minimum absolute atomic E-state index is 1.02.